The van der Waals surface area contributed by atoms with Gasteiger partial charge in [-0.15, -0.1) is 11.3 Å². The number of hydrogen-bond acceptors (Lipinski definition) is 5. The van der Waals surface area contributed by atoms with Crippen LogP contribution in [-0.2, 0) is 15.8 Å². The first kappa shape index (κ1) is 19.6. The number of amides is 1. The average Bonchev–Trinajstić information content (AvgIpc) is 2.95. The Bertz CT molecular complexity index is 583. The first-order valence-electron chi connectivity index (χ1n) is 8.62. The Kier molecular flexibility index (Phi) is 5.89. The number of nitrogens with zero attached hydrogens (tertiary/aromatic N) is 2. The second-order valence-corrected chi connectivity index (χ2v) is 14.2. The molecule has 1 aromatic heterocycles. The Balaban J connectivity index is 1.94. The molecule has 2 rings (SSSR count). The first-order valence-corrected chi connectivity index (χ1v) is 12.3. The summed E-state index contributed by atoms with van der Waals surface area (Å²) in [6, 6.07) is 0.506. The minimum Gasteiger partial charge on any atom is -0.413 e. The van der Waals surface area contributed by atoms with Crippen LogP contribution in [0.15, 0.2) is 6.20 Å². The maximum absolute atomic E-state index is 11.1. The molecule has 1 aromatic rings. The van der Waals surface area contributed by atoms with E-state index in [9.17, 15) is 4.79 Å². The zero-order valence-corrected chi connectivity index (χ0v) is 17.8. The van der Waals surface area contributed by atoms with Crippen LogP contribution in [-0.4, -0.2) is 42.8 Å². The molecule has 5 nitrogen and oxygen atoms in total. The number of aromatic nitrogens is 1. The molecule has 2 atom stereocenters. The molecule has 0 radical (unpaired) electrons. The van der Waals surface area contributed by atoms with Gasteiger partial charge in [0.1, 0.15) is 0 Å². The third-order valence-corrected chi connectivity index (χ3v) is 10.6. The molecule has 1 N–H and O–H groups in total. The molecule has 1 saturated heterocycles. The number of rotatable bonds is 5. The third-order valence-electron chi connectivity index (χ3n) is 5.13. The predicted octanol–water partition coefficient (Wildman–Crippen LogP) is 4.09. The Hall–Kier alpha value is -0.763. The summed E-state index contributed by atoms with van der Waals surface area (Å²) in [5.74, 6) is -0.0757. The van der Waals surface area contributed by atoms with Crippen LogP contribution in [0.3, 0.4) is 0 Å². The van der Waals surface area contributed by atoms with Crippen LogP contribution < -0.4 is 5.32 Å². The molecule has 0 aliphatic carbocycles. The van der Waals surface area contributed by atoms with Gasteiger partial charge in [0.25, 0.3) is 0 Å². The van der Waals surface area contributed by atoms with Gasteiger partial charge in [0.2, 0.25) is 5.91 Å². The molecular formula is C17H31N3O2SSi. The van der Waals surface area contributed by atoms with Crippen LogP contribution in [0.1, 0.15) is 45.9 Å². The highest BCUT2D eigenvalue weighted by molar-refractivity contribution is 7.15. The molecule has 1 amide bonds. The maximum Gasteiger partial charge on any atom is 0.223 e. The van der Waals surface area contributed by atoms with Gasteiger partial charge in [-0.05, 0) is 31.5 Å². The fourth-order valence-electron chi connectivity index (χ4n) is 2.73. The molecule has 24 heavy (non-hydrogen) atoms. The Morgan fingerprint density at radius 3 is 2.75 bits per heavy atom. The van der Waals surface area contributed by atoms with E-state index in [0.717, 1.165) is 19.5 Å². The van der Waals surface area contributed by atoms with Crippen molar-refractivity contribution < 1.29 is 9.22 Å². The van der Waals surface area contributed by atoms with E-state index in [2.05, 4.69) is 56.0 Å². The quantitative estimate of drug-likeness (QED) is 0.794. The van der Waals surface area contributed by atoms with E-state index in [-0.39, 0.29) is 10.9 Å². The molecule has 1 unspecified atom stereocenters. The zero-order chi connectivity index (χ0) is 18.1. The van der Waals surface area contributed by atoms with Gasteiger partial charge in [-0.2, -0.15) is 0 Å². The van der Waals surface area contributed by atoms with Crippen molar-refractivity contribution >= 4 is 30.7 Å². The smallest absolute Gasteiger partial charge is 0.223 e. The van der Waals surface area contributed by atoms with Crippen LogP contribution >= 0.6 is 11.3 Å². The normalized spacial score (nSPS) is 22.8. The van der Waals surface area contributed by atoms with E-state index < -0.39 is 8.32 Å². The lowest BCUT2D eigenvalue weighted by atomic mass is 10.2. The number of thiazole rings is 1. The number of nitrogens with one attached hydrogen (secondary N) is 1. The molecule has 0 aromatic carbocycles. The fraction of sp³-hybridized carbons (Fsp3) is 0.765. The highest BCUT2D eigenvalue weighted by atomic mass is 32.1. The van der Waals surface area contributed by atoms with Crippen LogP contribution in [0.25, 0.3) is 0 Å². The van der Waals surface area contributed by atoms with Crippen LogP contribution in [0.4, 0.5) is 5.13 Å². The van der Waals surface area contributed by atoms with Gasteiger partial charge < -0.3 is 9.74 Å². The summed E-state index contributed by atoms with van der Waals surface area (Å²) < 4.78 is 6.59. The monoisotopic (exact) mass is 369 g/mol. The molecule has 2 heterocycles. The molecule has 0 bridgehead atoms. The van der Waals surface area contributed by atoms with Crippen molar-refractivity contribution in [3.63, 3.8) is 0 Å². The molecule has 1 aliphatic heterocycles. The third kappa shape index (κ3) is 4.88. The molecule has 136 valence electrons. The Morgan fingerprint density at radius 1 is 1.50 bits per heavy atom. The van der Waals surface area contributed by atoms with Gasteiger partial charge in [-0.1, -0.05) is 20.8 Å². The average molecular weight is 370 g/mol. The van der Waals surface area contributed by atoms with E-state index in [4.69, 9.17) is 4.43 Å². The minimum absolute atomic E-state index is 0.0757. The fourth-order valence-corrected chi connectivity index (χ4v) is 4.98. The van der Waals surface area contributed by atoms with Crippen molar-refractivity contribution in [1.82, 2.24) is 9.88 Å². The summed E-state index contributed by atoms with van der Waals surface area (Å²) in [5, 5.41) is 3.67. The van der Waals surface area contributed by atoms with Crippen LogP contribution in [0, 0.1) is 0 Å². The van der Waals surface area contributed by atoms with Crippen molar-refractivity contribution in [1.29, 1.82) is 0 Å². The van der Waals surface area contributed by atoms with Gasteiger partial charge in [0.05, 0.1) is 6.10 Å². The molecule has 1 aliphatic rings. The van der Waals surface area contributed by atoms with Gasteiger partial charge in [-0.3, -0.25) is 9.69 Å². The lowest BCUT2D eigenvalue weighted by Gasteiger charge is -2.38. The summed E-state index contributed by atoms with van der Waals surface area (Å²) in [6.07, 6.45) is 3.28. The highest BCUT2D eigenvalue weighted by Crippen LogP contribution is 2.39. The summed E-state index contributed by atoms with van der Waals surface area (Å²) in [4.78, 5) is 19.0. The molecule has 1 fully saturated rings. The van der Waals surface area contributed by atoms with E-state index in [1.165, 1.54) is 11.8 Å². The number of carbonyl (C=O) groups is 1. The van der Waals surface area contributed by atoms with E-state index in [1.54, 1.807) is 11.3 Å². The van der Waals surface area contributed by atoms with Gasteiger partial charge in [0.15, 0.2) is 13.4 Å². The number of carbonyl (C=O) groups excluding carboxylic acids is 1. The predicted molar refractivity (Wildman–Crippen MR) is 103 cm³/mol. The van der Waals surface area contributed by atoms with E-state index >= 15 is 0 Å². The summed E-state index contributed by atoms with van der Waals surface area (Å²) in [5.41, 5.74) is 0. The lowest BCUT2D eigenvalue weighted by molar-refractivity contribution is -0.114. The summed E-state index contributed by atoms with van der Waals surface area (Å²) >= 11 is 1.55. The number of hydrogen-bond donors (Lipinski definition) is 1. The van der Waals surface area contributed by atoms with Crippen LogP contribution in [0.5, 0.6) is 0 Å². The molecule has 0 saturated carbocycles. The number of likely N-dealkylation sites (tertiary alicyclic amines) is 1. The second kappa shape index (κ2) is 7.23. The SMILES string of the molecule is CC(=O)Nc1ncc(CN2CC(O[Si](C)(C)C(C)(C)C)C[C@@H]2C)s1. The molecule has 7 heteroatoms. The van der Waals surface area contributed by atoms with Gasteiger partial charge in [0, 0.05) is 37.1 Å². The van der Waals surface area contributed by atoms with E-state index in [0.29, 0.717) is 17.3 Å². The van der Waals surface area contributed by atoms with Crippen molar-refractivity contribution in [2.24, 2.45) is 0 Å². The lowest BCUT2D eigenvalue weighted by Crippen LogP contribution is -2.44. The molecular weight excluding hydrogens is 338 g/mol. The maximum atomic E-state index is 11.1. The van der Waals surface area contributed by atoms with Crippen molar-refractivity contribution in [2.75, 3.05) is 11.9 Å². The second-order valence-electron chi connectivity index (χ2n) is 8.33. The van der Waals surface area contributed by atoms with Gasteiger partial charge >= 0.3 is 0 Å². The Labute approximate surface area is 150 Å². The van der Waals surface area contributed by atoms with Crippen LogP contribution in [0.2, 0.25) is 18.1 Å². The van der Waals surface area contributed by atoms with Crippen molar-refractivity contribution in [3.8, 4) is 0 Å². The van der Waals surface area contributed by atoms with Gasteiger partial charge in [-0.25, -0.2) is 4.98 Å². The Morgan fingerprint density at radius 2 is 2.17 bits per heavy atom. The van der Waals surface area contributed by atoms with Crippen molar-refractivity contribution in [2.45, 2.75) is 77.9 Å². The number of anilines is 1. The first-order chi connectivity index (χ1) is 11.0. The summed E-state index contributed by atoms with van der Waals surface area (Å²) in [7, 11) is -1.72. The molecule has 0 spiro atoms. The van der Waals surface area contributed by atoms with Crippen molar-refractivity contribution in [3.05, 3.63) is 11.1 Å². The zero-order valence-electron chi connectivity index (χ0n) is 16.0. The minimum atomic E-state index is -1.72. The largest absolute Gasteiger partial charge is 0.413 e. The topological polar surface area (TPSA) is 54.5 Å². The summed E-state index contributed by atoms with van der Waals surface area (Å²) in [6.45, 7) is 17.1. The standard InChI is InChI=1S/C17H31N3O2SSi/c1-12-8-14(22-24(6,7)17(3,4)5)10-20(12)11-15-9-18-16(23-15)19-13(2)21/h9,12,14H,8,10-11H2,1-7H3,(H,18,19,21)/t12-,14?/m0/s1. The highest BCUT2D eigenvalue weighted by Gasteiger charge is 2.41. The van der Waals surface area contributed by atoms with E-state index in [1.807, 2.05) is 6.20 Å².